The van der Waals surface area contributed by atoms with Gasteiger partial charge in [0, 0.05) is 43.0 Å². The predicted octanol–water partition coefficient (Wildman–Crippen LogP) is 5.12. The molecule has 0 aliphatic carbocycles. The molecule has 0 fully saturated rings. The molecular weight excluding hydrogens is 462 g/mol. The zero-order valence-electron chi connectivity index (χ0n) is 21.4. The standard InChI is InChI=1S/C29H33N7O/c1-3-4-13-33-28-27-26(34-29(30)35-28)23-7-5-6-8-24(23)36(27)19-22-16-21(9-10-25(22)37-2)18-32-17-20-11-14-31-15-12-20/h5-12,14-16,32H,3-4,13,17-19H2,1-2H3,(H3,30,33,34,35). The summed E-state index contributed by atoms with van der Waals surface area (Å²) in [5, 5.41) is 8.08. The number of anilines is 2. The van der Waals surface area contributed by atoms with Gasteiger partial charge in [0.1, 0.15) is 16.8 Å². The Hall–Kier alpha value is -4.17. The molecule has 0 aliphatic rings. The van der Waals surface area contributed by atoms with E-state index in [0.29, 0.717) is 6.54 Å². The van der Waals surface area contributed by atoms with Gasteiger partial charge in [0.25, 0.3) is 0 Å². The molecule has 0 unspecified atom stereocenters. The third kappa shape index (κ3) is 5.34. The quantitative estimate of drug-likeness (QED) is 0.219. The number of fused-ring (bicyclic) bond motifs is 3. The van der Waals surface area contributed by atoms with E-state index in [4.69, 9.17) is 10.5 Å². The zero-order chi connectivity index (χ0) is 25.6. The average Bonchev–Trinajstić information content (AvgIpc) is 3.23. The molecule has 3 heterocycles. The van der Waals surface area contributed by atoms with Crippen LogP contribution in [0.4, 0.5) is 11.8 Å². The third-order valence-electron chi connectivity index (χ3n) is 6.52. The normalized spacial score (nSPS) is 11.3. The largest absolute Gasteiger partial charge is 0.496 e. The van der Waals surface area contributed by atoms with Gasteiger partial charge in [0.15, 0.2) is 5.82 Å². The van der Waals surface area contributed by atoms with E-state index in [1.165, 1.54) is 11.1 Å². The Morgan fingerprint density at radius 3 is 2.59 bits per heavy atom. The van der Waals surface area contributed by atoms with Crippen LogP contribution in [-0.2, 0) is 19.6 Å². The summed E-state index contributed by atoms with van der Waals surface area (Å²) in [6.07, 6.45) is 5.78. The van der Waals surface area contributed by atoms with Crippen molar-refractivity contribution in [2.24, 2.45) is 0 Å². The number of pyridine rings is 1. The number of rotatable bonds is 11. The highest BCUT2D eigenvalue weighted by Crippen LogP contribution is 2.34. The van der Waals surface area contributed by atoms with Crippen LogP contribution < -0.4 is 21.1 Å². The van der Waals surface area contributed by atoms with Gasteiger partial charge in [-0.1, -0.05) is 37.6 Å². The van der Waals surface area contributed by atoms with Crippen LogP contribution in [-0.4, -0.2) is 33.2 Å². The summed E-state index contributed by atoms with van der Waals surface area (Å²) in [5.74, 6) is 1.89. The number of unbranched alkanes of at least 4 members (excludes halogenated alkanes) is 1. The Labute approximate surface area is 216 Å². The Kier molecular flexibility index (Phi) is 7.46. The monoisotopic (exact) mass is 495 g/mol. The van der Waals surface area contributed by atoms with Crippen molar-refractivity contribution in [1.82, 2.24) is 24.8 Å². The van der Waals surface area contributed by atoms with Crippen molar-refractivity contribution in [2.75, 3.05) is 24.7 Å². The number of hydrogen-bond donors (Lipinski definition) is 3. The van der Waals surface area contributed by atoms with Crippen LogP contribution in [0.5, 0.6) is 5.75 Å². The van der Waals surface area contributed by atoms with Gasteiger partial charge in [-0.05, 0) is 47.9 Å². The number of benzene rings is 2. The molecule has 0 bridgehead atoms. The van der Waals surface area contributed by atoms with Gasteiger partial charge in [-0.25, -0.2) is 4.98 Å². The first-order chi connectivity index (χ1) is 18.2. The summed E-state index contributed by atoms with van der Waals surface area (Å²) >= 11 is 0. The van der Waals surface area contributed by atoms with Gasteiger partial charge in [0.2, 0.25) is 5.95 Å². The molecule has 4 N–H and O–H groups in total. The van der Waals surface area contributed by atoms with Crippen LogP contribution in [0.2, 0.25) is 0 Å². The summed E-state index contributed by atoms with van der Waals surface area (Å²) < 4.78 is 8.04. The fourth-order valence-corrected chi connectivity index (χ4v) is 4.70. The van der Waals surface area contributed by atoms with E-state index >= 15 is 0 Å². The van der Waals surface area contributed by atoms with Crippen molar-refractivity contribution in [1.29, 1.82) is 0 Å². The fraction of sp³-hybridized carbons (Fsp3) is 0.276. The Morgan fingerprint density at radius 2 is 1.78 bits per heavy atom. The third-order valence-corrected chi connectivity index (χ3v) is 6.52. The molecule has 37 heavy (non-hydrogen) atoms. The van der Waals surface area contributed by atoms with Crippen molar-refractivity contribution in [3.8, 4) is 5.75 Å². The molecule has 8 nitrogen and oxygen atoms in total. The average molecular weight is 496 g/mol. The topological polar surface area (TPSA) is 103 Å². The van der Waals surface area contributed by atoms with Crippen molar-refractivity contribution in [2.45, 2.75) is 39.4 Å². The second kappa shape index (κ2) is 11.3. The maximum atomic E-state index is 6.13. The zero-order valence-corrected chi connectivity index (χ0v) is 21.4. The fourth-order valence-electron chi connectivity index (χ4n) is 4.70. The van der Waals surface area contributed by atoms with Gasteiger partial charge >= 0.3 is 0 Å². The van der Waals surface area contributed by atoms with Crippen LogP contribution in [0.15, 0.2) is 67.0 Å². The molecule has 0 radical (unpaired) electrons. The first-order valence-electron chi connectivity index (χ1n) is 12.7. The van der Waals surface area contributed by atoms with E-state index in [2.05, 4.69) is 67.4 Å². The minimum Gasteiger partial charge on any atom is -0.496 e. The maximum absolute atomic E-state index is 6.13. The molecule has 3 aromatic heterocycles. The molecule has 0 atom stereocenters. The van der Waals surface area contributed by atoms with E-state index in [1.807, 2.05) is 36.7 Å². The maximum Gasteiger partial charge on any atom is 0.222 e. The highest BCUT2D eigenvalue weighted by molar-refractivity contribution is 6.09. The molecular formula is C29H33N7O. The van der Waals surface area contributed by atoms with Crippen molar-refractivity contribution in [3.63, 3.8) is 0 Å². The van der Waals surface area contributed by atoms with Crippen LogP contribution >= 0.6 is 0 Å². The molecule has 0 aliphatic heterocycles. The minimum atomic E-state index is 0.272. The lowest BCUT2D eigenvalue weighted by molar-refractivity contribution is 0.408. The summed E-state index contributed by atoms with van der Waals surface area (Å²) in [6, 6.07) is 18.7. The summed E-state index contributed by atoms with van der Waals surface area (Å²) in [5.41, 5.74) is 12.5. The van der Waals surface area contributed by atoms with Gasteiger partial charge < -0.3 is 25.7 Å². The number of nitrogens with zero attached hydrogens (tertiary/aromatic N) is 4. The van der Waals surface area contributed by atoms with Gasteiger partial charge in [-0.2, -0.15) is 4.98 Å². The van der Waals surface area contributed by atoms with Crippen LogP contribution in [0.1, 0.15) is 36.5 Å². The molecule has 0 spiro atoms. The van der Waals surface area contributed by atoms with E-state index in [9.17, 15) is 0 Å². The molecule has 5 aromatic rings. The SMILES string of the molecule is CCCCNc1nc(N)nc2c3ccccc3n(Cc3cc(CNCc4ccncc4)ccc3OC)c12. The second-order valence-corrected chi connectivity index (χ2v) is 9.12. The first-order valence-corrected chi connectivity index (χ1v) is 12.7. The van der Waals surface area contributed by atoms with Crippen LogP contribution in [0.25, 0.3) is 21.9 Å². The predicted molar refractivity (Wildman–Crippen MR) is 150 cm³/mol. The lowest BCUT2D eigenvalue weighted by atomic mass is 10.1. The first kappa shape index (κ1) is 24.5. The lowest BCUT2D eigenvalue weighted by Gasteiger charge is -2.15. The second-order valence-electron chi connectivity index (χ2n) is 9.12. The van der Waals surface area contributed by atoms with Gasteiger partial charge in [-0.3, -0.25) is 4.98 Å². The number of ether oxygens (including phenoxy) is 1. The summed E-state index contributed by atoms with van der Waals surface area (Å²) in [7, 11) is 1.72. The summed E-state index contributed by atoms with van der Waals surface area (Å²) in [6.45, 7) is 5.14. The molecule has 0 saturated carbocycles. The number of hydrogen-bond acceptors (Lipinski definition) is 7. The van der Waals surface area contributed by atoms with Crippen molar-refractivity contribution < 1.29 is 4.74 Å². The number of nitrogen functional groups attached to an aromatic ring is 1. The van der Waals surface area contributed by atoms with E-state index in [1.54, 1.807) is 7.11 Å². The van der Waals surface area contributed by atoms with Gasteiger partial charge in [-0.15, -0.1) is 0 Å². The molecule has 190 valence electrons. The summed E-state index contributed by atoms with van der Waals surface area (Å²) in [4.78, 5) is 13.3. The van der Waals surface area contributed by atoms with E-state index in [0.717, 1.165) is 71.5 Å². The lowest BCUT2D eigenvalue weighted by Crippen LogP contribution is -2.13. The van der Waals surface area contributed by atoms with Crippen molar-refractivity contribution >= 4 is 33.7 Å². The number of nitrogens with two attached hydrogens (primary N) is 1. The Balaban J connectivity index is 1.51. The Morgan fingerprint density at radius 1 is 0.973 bits per heavy atom. The highest BCUT2D eigenvalue weighted by atomic mass is 16.5. The van der Waals surface area contributed by atoms with E-state index < -0.39 is 0 Å². The molecule has 0 saturated heterocycles. The number of nitrogens with one attached hydrogen (secondary N) is 2. The molecule has 2 aromatic carbocycles. The van der Waals surface area contributed by atoms with Crippen LogP contribution in [0, 0.1) is 0 Å². The number of para-hydroxylation sites is 1. The highest BCUT2D eigenvalue weighted by Gasteiger charge is 2.19. The number of methoxy groups -OCH3 is 1. The minimum absolute atomic E-state index is 0.272. The molecule has 8 heteroatoms. The smallest absolute Gasteiger partial charge is 0.222 e. The Bertz CT molecular complexity index is 1500. The van der Waals surface area contributed by atoms with Crippen LogP contribution in [0.3, 0.4) is 0 Å². The van der Waals surface area contributed by atoms with Crippen molar-refractivity contribution in [3.05, 3.63) is 83.7 Å². The van der Waals surface area contributed by atoms with E-state index in [-0.39, 0.29) is 5.95 Å². The molecule has 0 amide bonds. The van der Waals surface area contributed by atoms with Gasteiger partial charge in [0.05, 0.1) is 19.2 Å². The molecule has 5 rings (SSSR count). The number of aromatic nitrogens is 4.